The van der Waals surface area contributed by atoms with Gasteiger partial charge in [0.15, 0.2) is 0 Å². The highest BCUT2D eigenvalue weighted by Gasteiger charge is 2.43. The van der Waals surface area contributed by atoms with E-state index < -0.39 is 0 Å². The van der Waals surface area contributed by atoms with E-state index in [1.807, 2.05) is 23.1 Å². The fourth-order valence-corrected chi connectivity index (χ4v) is 2.57. The smallest absolute Gasteiger partial charge is 0.224 e. The topological polar surface area (TPSA) is 29.5 Å². The first-order chi connectivity index (χ1) is 7.89. The summed E-state index contributed by atoms with van der Waals surface area (Å²) in [6.45, 7) is 8.04. The number of benzene rings is 1. The summed E-state index contributed by atoms with van der Waals surface area (Å²) in [5.41, 5.74) is 2.14. The third-order valence-electron chi connectivity index (χ3n) is 3.93. The van der Waals surface area contributed by atoms with E-state index in [1.165, 1.54) is 5.56 Å². The number of fused-ring (bicyclic) bond motifs is 1. The first-order valence-electron chi connectivity index (χ1n) is 5.88. The fourth-order valence-electron chi connectivity index (χ4n) is 2.57. The van der Waals surface area contributed by atoms with Crippen LogP contribution in [0.5, 0.6) is 5.75 Å². The monoisotopic (exact) mass is 233 g/mol. The van der Waals surface area contributed by atoms with E-state index in [-0.39, 0.29) is 17.4 Å². The van der Waals surface area contributed by atoms with Crippen molar-refractivity contribution in [2.24, 2.45) is 0 Å². The minimum atomic E-state index is -0.0461. The Kier molecular flexibility index (Phi) is 2.64. The zero-order valence-electron chi connectivity index (χ0n) is 11.1. The van der Waals surface area contributed by atoms with Gasteiger partial charge >= 0.3 is 0 Å². The molecule has 1 amide bonds. The summed E-state index contributed by atoms with van der Waals surface area (Å²) < 4.78 is 5.26. The number of methoxy groups -OCH3 is 1. The van der Waals surface area contributed by atoms with Crippen LogP contribution in [0, 0.1) is 0 Å². The highest BCUT2D eigenvalue weighted by Crippen LogP contribution is 2.46. The second-order valence-corrected chi connectivity index (χ2v) is 5.17. The van der Waals surface area contributed by atoms with Crippen LogP contribution in [0.4, 0.5) is 5.69 Å². The molecule has 0 fully saturated rings. The van der Waals surface area contributed by atoms with Crippen LogP contribution < -0.4 is 9.64 Å². The molecule has 1 aliphatic rings. The van der Waals surface area contributed by atoms with Gasteiger partial charge in [-0.25, -0.2) is 0 Å². The molecule has 0 aliphatic carbocycles. The number of ether oxygens (including phenoxy) is 1. The number of nitrogens with zero attached hydrogens (tertiary/aromatic N) is 1. The van der Waals surface area contributed by atoms with Crippen LogP contribution >= 0.6 is 0 Å². The van der Waals surface area contributed by atoms with Crippen LogP contribution in [0.3, 0.4) is 0 Å². The van der Waals surface area contributed by atoms with Crippen LogP contribution in [0.25, 0.3) is 0 Å². The van der Waals surface area contributed by atoms with Gasteiger partial charge in [0.25, 0.3) is 0 Å². The van der Waals surface area contributed by atoms with Crippen molar-refractivity contribution in [3.8, 4) is 5.75 Å². The maximum Gasteiger partial charge on any atom is 0.224 e. The molecule has 1 aromatic rings. The molecule has 1 atom stereocenters. The molecule has 0 spiro atoms. The Bertz CT molecular complexity index is 465. The molecule has 92 valence electrons. The summed E-state index contributed by atoms with van der Waals surface area (Å²) in [5.74, 6) is 0.934. The number of carbonyl (C=O) groups is 1. The molecule has 0 bridgehead atoms. The molecule has 0 radical (unpaired) electrons. The van der Waals surface area contributed by atoms with Crippen LogP contribution in [-0.4, -0.2) is 19.1 Å². The minimum Gasteiger partial charge on any atom is -0.497 e. The number of anilines is 1. The Balaban J connectivity index is 2.61. The molecular weight excluding hydrogens is 214 g/mol. The average Bonchev–Trinajstić information content (AvgIpc) is 2.47. The van der Waals surface area contributed by atoms with Gasteiger partial charge in [0.2, 0.25) is 5.91 Å². The summed E-state index contributed by atoms with van der Waals surface area (Å²) in [7, 11) is 1.66. The lowest BCUT2D eigenvalue weighted by Crippen LogP contribution is -2.41. The Hall–Kier alpha value is -1.51. The van der Waals surface area contributed by atoms with Crippen molar-refractivity contribution in [2.75, 3.05) is 12.0 Å². The molecule has 1 unspecified atom stereocenters. The standard InChI is InChI=1S/C14H19NO2/c1-9-14(3,4)12-8-11(17-5)6-7-13(12)15(9)10(2)16/h6-9H,1-5H3. The van der Waals surface area contributed by atoms with Gasteiger partial charge < -0.3 is 9.64 Å². The van der Waals surface area contributed by atoms with E-state index >= 15 is 0 Å². The van der Waals surface area contributed by atoms with Gasteiger partial charge in [0, 0.05) is 24.1 Å². The highest BCUT2D eigenvalue weighted by atomic mass is 16.5. The van der Waals surface area contributed by atoms with Crippen molar-refractivity contribution in [1.82, 2.24) is 0 Å². The quantitative estimate of drug-likeness (QED) is 0.746. The van der Waals surface area contributed by atoms with E-state index in [1.54, 1.807) is 14.0 Å². The summed E-state index contributed by atoms with van der Waals surface area (Å²) in [6.07, 6.45) is 0. The van der Waals surface area contributed by atoms with E-state index in [2.05, 4.69) is 20.8 Å². The molecule has 3 nitrogen and oxygen atoms in total. The predicted octanol–water partition coefficient (Wildman–Crippen LogP) is 2.73. The molecular formula is C14H19NO2. The van der Waals surface area contributed by atoms with Crippen LogP contribution in [-0.2, 0) is 10.2 Å². The molecule has 3 heteroatoms. The minimum absolute atomic E-state index is 0.0461. The van der Waals surface area contributed by atoms with Gasteiger partial charge in [-0.3, -0.25) is 4.79 Å². The average molecular weight is 233 g/mol. The lowest BCUT2D eigenvalue weighted by Gasteiger charge is -2.29. The Morgan fingerprint density at radius 3 is 2.59 bits per heavy atom. The number of rotatable bonds is 1. The predicted molar refractivity (Wildman–Crippen MR) is 68.6 cm³/mol. The van der Waals surface area contributed by atoms with Gasteiger partial charge in [-0.15, -0.1) is 0 Å². The zero-order chi connectivity index (χ0) is 12.8. The Labute approximate surface area is 102 Å². The molecule has 1 aromatic carbocycles. The van der Waals surface area contributed by atoms with Gasteiger partial charge in [-0.1, -0.05) is 13.8 Å². The van der Waals surface area contributed by atoms with E-state index in [9.17, 15) is 4.79 Å². The van der Waals surface area contributed by atoms with E-state index in [0.29, 0.717) is 0 Å². The summed E-state index contributed by atoms with van der Waals surface area (Å²) >= 11 is 0. The van der Waals surface area contributed by atoms with E-state index in [0.717, 1.165) is 11.4 Å². The number of carbonyl (C=O) groups excluding carboxylic acids is 1. The largest absolute Gasteiger partial charge is 0.497 e. The molecule has 1 aliphatic heterocycles. The SMILES string of the molecule is COc1ccc2c(c1)C(C)(C)C(C)N2C(C)=O. The van der Waals surface area contributed by atoms with Crippen molar-refractivity contribution in [3.63, 3.8) is 0 Å². The van der Waals surface area contributed by atoms with Crippen LogP contribution in [0.15, 0.2) is 18.2 Å². The normalized spacial score (nSPS) is 21.2. The van der Waals surface area contributed by atoms with E-state index in [4.69, 9.17) is 4.74 Å². The second kappa shape index (κ2) is 3.76. The van der Waals surface area contributed by atoms with Gasteiger partial charge in [-0.2, -0.15) is 0 Å². The molecule has 0 saturated heterocycles. The summed E-state index contributed by atoms with van der Waals surface area (Å²) in [5, 5.41) is 0. The lowest BCUT2D eigenvalue weighted by atomic mass is 9.81. The Morgan fingerprint density at radius 2 is 2.06 bits per heavy atom. The molecule has 0 N–H and O–H groups in total. The molecule has 17 heavy (non-hydrogen) atoms. The maximum absolute atomic E-state index is 11.8. The number of amides is 1. The molecule has 2 rings (SSSR count). The van der Waals surface area contributed by atoms with Crippen molar-refractivity contribution in [3.05, 3.63) is 23.8 Å². The fraction of sp³-hybridized carbons (Fsp3) is 0.500. The first-order valence-corrected chi connectivity index (χ1v) is 5.88. The summed E-state index contributed by atoms with van der Waals surface area (Å²) in [6, 6.07) is 6.08. The third kappa shape index (κ3) is 1.61. The molecule has 0 saturated carbocycles. The number of hydrogen-bond acceptors (Lipinski definition) is 2. The van der Waals surface area contributed by atoms with Crippen molar-refractivity contribution in [2.45, 2.75) is 39.2 Å². The van der Waals surface area contributed by atoms with Crippen molar-refractivity contribution < 1.29 is 9.53 Å². The van der Waals surface area contributed by atoms with Crippen LogP contribution in [0.1, 0.15) is 33.3 Å². The number of hydrogen-bond donors (Lipinski definition) is 0. The van der Waals surface area contributed by atoms with Gasteiger partial charge in [-0.05, 0) is 30.7 Å². The zero-order valence-corrected chi connectivity index (χ0v) is 11.1. The maximum atomic E-state index is 11.8. The first kappa shape index (κ1) is 12.0. The van der Waals surface area contributed by atoms with Crippen LogP contribution in [0.2, 0.25) is 0 Å². The highest BCUT2D eigenvalue weighted by molar-refractivity contribution is 5.95. The van der Waals surface area contributed by atoms with Gasteiger partial charge in [0.1, 0.15) is 5.75 Å². The van der Waals surface area contributed by atoms with Crippen molar-refractivity contribution in [1.29, 1.82) is 0 Å². The summed E-state index contributed by atoms with van der Waals surface area (Å²) in [4.78, 5) is 13.6. The van der Waals surface area contributed by atoms with Gasteiger partial charge in [0.05, 0.1) is 7.11 Å². The molecule has 1 heterocycles. The third-order valence-corrected chi connectivity index (χ3v) is 3.93. The Morgan fingerprint density at radius 1 is 1.41 bits per heavy atom. The lowest BCUT2D eigenvalue weighted by molar-refractivity contribution is -0.117. The van der Waals surface area contributed by atoms with Crippen molar-refractivity contribution >= 4 is 11.6 Å². The molecule has 0 aromatic heterocycles. The second-order valence-electron chi connectivity index (χ2n) is 5.17.